The van der Waals surface area contributed by atoms with Gasteiger partial charge in [0.2, 0.25) is 5.90 Å². The minimum absolute atomic E-state index is 0.366. The molecule has 0 bridgehead atoms. The zero-order valence-corrected chi connectivity index (χ0v) is 11.6. The predicted molar refractivity (Wildman–Crippen MR) is 79.8 cm³/mol. The van der Waals surface area contributed by atoms with Crippen molar-refractivity contribution in [1.29, 1.82) is 0 Å². The number of rotatable bonds is 4. The highest BCUT2D eigenvalue weighted by Gasteiger charge is 2.23. The van der Waals surface area contributed by atoms with Crippen molar-refractivity contribution in [3.63, 3.8) is 0 Å². The Kier molecular flexibility index (Phi) is 3.74. The molecule has 1 aromatic heterocycles. The van der Waals surface area contributed by atoms with E-state index in [2.05, 4.69) is 16.4 Å². The van der Waals surface area contributed by atoms with Gasteiger partial charge in [-0.2, -0.15) is 0 Å². The molecule has 0 atom stereocenters. The van der Waals surface area contributed by atoms with Crippen LogP contribution in [0.1, 0.15) is 16.9 Å². The molecule has 100 valence electrons. The smallest absolute Gasteiger partial charge is 0.363 e. The Bertz CT molecular complexity index is 657. The number of benzene rings is 1. The first-order valence-electron chi connectivity index (χ1n) is 6.42. The molecule has 1 aliphatic rings. The molecule has 2 aromatic rings. The second-order valence-corrected chi connectivity index (χ2v) is 5.41. The van der Waals surface area contributed by atoms with Gasteiger partial charge in [-0.3, -0.25) is 0 Å². The van der Waals surface area contributed by atoms with Gasteiger partial charge >= 0.3 is 5.97 Å². The third-order valence-corrected chi connectivity index (χ3v) is 3.89. The highest BCUT2D eigenvalue weighted by atomic mass is 32.1. The maximum atomic E-state index is 11.7. The lowest BCUT2D eigenvalue weighted by molar-refractivity contribution is -0.130. The SMILES string of the molecule is O=C1OC(c2ccccc2)=N/C1=C/CCc1cccs1. The zero-order valence-electron chi connectivity index (χ0n) is 10.8. The molecule has 0 saturated carbocycles. The molecule has 0 amide bonds. The van der Waals surface area contributed by atoms with Crippen LogP contribution in [0.4, 0.5) is 0 Å². The summed E-state index contributed by atoms with van der Waals surface area (Å²) in [6.45, 7) is 0. The first-order chi connectivity index (χ1) is 9.83. The quantitative estimate of drug-likeness (QED) is 0.635. The van der Waals surface area contributed by atoms with E-state index in [1.807, 2.05) is 42.5 Å². The molecule has 3 nitrogen and oxygen atoms in total. The summed E-state index contributed by atoms with van der Waals surface area (Å²) in [5.41, 5.74) is 1.22. The van der Waals surface area contributed by atoms with E-state index in [4.69, 9.17) is 4.74 Å². The van der Waals surface area contributed by atoms with Crippen molar-refractivity contribution in [2.75, 3.05) is 0 Å². The lowest BCUT2D eigenvalue weighted by Gasteiger charge is -1.97. The van der Waals surface area contributed by atoms with Gasteiger partial charge in [-0.05, 0) is 36.4 Å². The Morgan fingerprint density at radius 1 is 1.15 bits per heavy atom. The minimum Gasteiger partial charge on any atom is -0.402 e. The van der Waals surface area contributed by atoms with Gasteiger partial charge in [0, 0.05) is 10.4 Å². The van der Waals surface area contributed by atoms with Crippen molar-refractivity contribution in [3.05, 3.63) is 70.1 Å². The van der Waals surface area contributed by atoms with Crippen molar-refractivity contribution >= 4 is 23.2 Å². The van der Waals surface area contributed by atoms with Crippen molar-refractivity contribution in [3.8, 4) is 0 Å². The number of carbonyl (C=O) groups excluding carboxylic acids is 1. The van der Waals surface area contributed by atoms with Gasteiger partial charge in [0.05, 0.1) is 0 Å². The number of ether oxygens (including phenoxy) is 1. The van der Waals surface area contributed by atoms with Crippen LogP contribution in [0.25, 0.3) is 0 Å². The van der Waals surface area contributed by atoms with E-state index in [0.29, 0.717) is 11.6 Å². The average Bonchev–Trinajstić information content (AvgIpc) is 3.11. The molecule has 0 aliphatic carbocycles. The summed E-state index contributed by atoms with van der Waals surface area (Å²) in [6, 6.07) is 13.6. The summed E-state index contributed by atoms with van der Waals surface area (Å²) in [5.74, 6) is 0.0213. The largest absolute Gasteiger partial charge is 0.402 e. The van der Waals surface area contributed by atoms with Gasteiger partial charge in [0.15, 0.2) is 0 Å². The number of aliphatic imine (C=N–C) groups is 1. The van der Waals surface area contributed by atoms with Crippen LogP contribution >= 0.6 is 11.3 Å². The molecule has 3 rings (SSSR count). The van der Waals surface area contributed by atoms with Crippen LogP contribution in [-0.2, 0) is 16.0 Å². The molecule has 0 N–H and O–H groups in total. The normalized spacial score (nSPS) is 16.3. The van der Waals surface area contributed by atoms with E-state index >= 15 is 0 Å². The molecular formula is C16H13NO2S. The maximum absolute atomic E-state index is 11.7. The summed E-state index contributed by atoms with van der Waals surface area (Å²) in [5, 5.41) is 2.05. The number of esters is 1. The highest BCUT2D eigenvalue weighted by Crippen LogP contribution is 2.18. The van der Waals surface area contributed by atoms with Crippen molar-refractivity contribution in [1.82, 2.24) is 0 Å². The lowest BCUT2D eigenvalue weighted by atomic mass is 10.2. The number of carbonyl (C=O) groups is 1. The van der Waals surface area contributed by atoms with Crippen LogP contribution < -0.4 is 0 Å². The van der Waals surface area contributed by atoms with E-state index in [9.17, 15) is 4.79 Å². The number of allylic oxidation sites excluding steroid dienone is 1. The van der Waals surface area contributed by atoms with Gasteiger partial charge in [0.1, 0.15) is 5.70 Å². The summed E-state index contributed by atoms with van der Waals surface area (Å²) in [7, 11) is 0. The van der Waals surface area contributed by atoms with Crippen LogP contribution in [0.2, 0.25) is 0 Å². The van der Waals surface area contributed by atoms with Crippen LogP contribution in [0.3, 0.4) is 0 Å². The second-order valence-electron chi connectivity index (χ2n) is 4.38. The molecule has 0 spiro atoms. The summed E-state index contributed by atoms with van der Waals surface area (Å²) in [6.07, 6.45) is 3.55. The fraction of sp³-hybridized carbons (Fsp3) is 0.125. The van der Waals surface area contributed by atoms with Gasteiger partial charge < -0.3 is 4.74 Å². The molecule has 4 heteroatoms. The number of hydrogen-bond acceptors (Lipinski definition) is 4. The Morgan fingerprint density at radius 3 is 2.75 bits per heavy atom. The molecule has 20 heavy (non-hydrogen) atoms. The number of nitrogens with zero attached hydrogens (tertiary/aromatic N) is 1. The molecule has 1 aliphatic heterocycles. The Hall–Kier alpha value is -2.20. The van der Waals surface area contributed by atoms with Crippen molar-refractivity contribution in [2.24, 2.45) is 4.99 Å². The zero-order chi connectivity index (χ0) is 13.8. The maximum Gasteiger partial charge on any atom is 0.363 e. The predicted octanol–water partition coefficient (Wildman–Crippen LogP) is 3.57. The second kappa shape index (κ2) is 5.84. The molecular weight excluding hydrogens is 270 g/mol. The van der Waals surface area contributed by atoms with Gasteiger partial charge in [0.25, 0.3) is 0 Å². The Morgan fingerprint density at radius 2 is 2.00 bits per heavy atom. The minimum atomic E-state index is -0.366. The molecule has 0 fully saturated rings. The van der Waals surface area contributed by atoms with Gasteiger partial charge in [-0.25, -0.2) is 9.79 Å². The van der Waals surface area contributed by atoms with Crippen LogP contribution in [0.15, 0.2) is 64.6 Å². The highest BCUT2D eigenvalue weighted by molar-refractivity contribution is 7.09. The third-order valence-electron chi connectivity index (χ3n) is 2.95. The van der Waals surface area contributed by atoms with Gasteiger partial charge in [-0.15, -0.1) is 11.3 Å². The number of aryl methyl sites for hydroxylation is 1. The number of thiophene rings is 1. The third kappa shape index (κ3) is 2.86. The van der Waals surface area contributed by atoms with Crippen LogP contribution in [0.5, 0.6) is 0 Å². The first-order valence-corrected chi connectivity index (χ1v) is 7.30. The summed E-state index contributed by atoms with van der Waals surface area (Å²) in [4.78, 5) is 17.3. The van der Waals surface area contributed by atoms with E-state index in [1.54, 1.807) is 11.3 Å². The number of hydrogen-bond donors (Lipinski definition) is 0. The standard InChI is InChI=1S/C16H13NO2S/c18-16-14(10-4-8-13-9-5-11-20-13)17-15(19-16)12-6-2-1-3-7-12/h1-3,5-7,9-11H,4,8H2/b14-10+. The Labute approximate surface area is 121 Å². The molecule has 0 unspecified atom stereocenters. The molecule has 0 saturated heterocycles. The summed E-state index contributed by atoms with van der Waals surface area (Å²) >= 11 is 1.72. The fourth-order valence-electron chi connectivity index (χ4n) is 1.96. The van der Waals surface area contributed by atoms with E-state index < -0.39 is 0 Å². The lowest BCUT2D eigenvalue weighted by Crippen LogP contribution is -2.05. The van der Waals surface area contributed by atoms with Crippen LogP contribution in [0, 0.1) is 0 Å². The Balaban J connectivity index is 1.70. The molecule has 2 heterocycles. The average molecular weight is 283 g/mol. The molecule has 1 aromatic carbocycles. The van der Waals surface area contributed by atoms with E-state index in [0.717, 1.165) is 18.4 Å². The molecule has 0 radical (unpaired) electrons. The monoisotopic (exact) mass is 283 g/mol. The van der Waals surface area contributed by atoms with Crippen molar-refractivity contribution < 1.29 is 9.53 Å². The fourth-order valence-corrected chi connectivity index (χ4v) is 2.68. The van der Waals surface area contributed by atoms with Gasteiger partial charge in [-0.1, -0.05) is 30.3 Å². The van der Waals surface area contributed by atoms with Crippen molar-refractivity contribution in [2.45, 2.75) is 12.8 Å². The topological polar surface area (TPSA) is 38.7 Å². The van der Waals surface area contributed by atoms with Crippen LogP contribution in [-0.4, -0.2) is 11.9 Å². The van der Waals surface area contributed by atoms with E-state index in [1.165, 1.54) is 4.88 Å². The van der Waals surface area contributed by atoms with E-state index in [-0.39, 0.29) is 5.97 Å². The number of cyclic esters (lactones) is 1. The first kappa shape index (κ1) is 12.8. The summed E-state index contributed by atoms with van der Waals surface area (Å²) < 4.78 is 5.19.